The van der Waals surface area contributed by atoms with Crippen LogP contribution >= 0.6 is 0 Å². The topological polar surface area (TPSA) is 40.7 Å². The number of hydrogen-bond donors (Lipinski definition) is 2. The molecule has 0 bridgehead atoms. The summed E-state index contributed by atoms with van der Waals surface area (Å²) < 4.78 is 0. The normalized spacial score (nSPS) is 18.0. The first-order valence-electron chi connectivity index (χ1n) is 6.57. The van der Waals surface area contributed by atoms with Crippen molar-refractivity contribution in [3.63, 3.8) is 0 Å². The number of benzene rings is 1. The molecule has 2 N–H and O–H groups in total. The summed E-state index contributed by atoms with van der Waals surface area (Å²) in [4.78, 5) is 0. The SMILES string of the molecule is Cc1n[nH]c(C)c1CNC1CCc2ccccc21. The van der Waals surface area contributed by atoms with Crippen molar-refractivity contribution in [2.24, 2.45) is 0 Å². The van der Waals surface area contributed by atoms with Crippen molar-refractivity contribution in [1.29, 1.82) is 0 Å². The summed E-state index contributed by atoms with van der Waals surface area (Å²) >= 11 is 0. The second-order valence-corrected chi connectivity index (χ2v) is 5.08. The van der Waals surface area contributed by atoms with E-state index in [-0.39, 0.29) is 0 Å². The molecule has 1 aromatic heterocycles. The van der Waals surface area contributed by atoms with Crippen LogP contribution in [0.1, 0.15) is 40.5 Å². The minimum Gasteiger partial charge on any atom is -0.306 e. The maximum Gasteiger partial charge on any atom is 0.0638 e. The molecule has 18 heavy (non-hydrogen) atoms. The van der Waals surface area contributed by atoms with Crippen LogP contribution in [0.4, 0.5) is 0 Å². The Kier molecular flexibility index (Phi) is 2.92. The molecule has 3 nitrogen and oxygen atoms in total. The van der Waals surface area contributed by atoms with Crippen molar-refractivity contribution in [2.75, 3.05) is 0 Å². The van der Waals surface area contributed by atoms with Crippen LogP contribution in [0.3, 0.4) is 0 Å². The van der Waals surface area contributed by atoms with Crippen molar-refractivity contribution in [1.82, 2.24) is 15.5 Å². The lowest BCUT2D eigenvalue weighted by Crippen LogP contribution is -2.19. The van der Waals surface area contributed by atoms with E-state index in [1.807, 2.05) is 0 Å². The maximum atomic E-state index is 4.24. The monoisotopic (exact) mass is 241 g/mol. The molecular formula is C15H19N3. The number of nitrogens with zero attached hydrogens (tertiary/aromatic N) is 1. The molecular weight excluding hydrogens is 222 g/mol. The van der Waals surface area contributed by atoms with Crippen molar-refractivity contribution >= 4 is 0 Å². The molecule has 3 heteroatoms. The van der Waals surface area contributed by atoms with E-state index in [9.17, 15) is 0 Å². The third kappa shape index (κ3) is 1.95. The fraction of sp³-hybridized carbons (Fsp3) is 0.400. The Morgan fingerprint density at radius 2 is 2.17 bits per heavy atom. The minimum atomic E-state index is 0.495. The van der Waals surface area contributed by atoms with E-state index in [2.05, 4.69) is 53.6 Å². The fourth-order valence-electron chi connectivity index (χ4n) is 2.83. The van der Waals surface area contributed by atoms with E-state index in [1.165, 1.54) is 35.2 Å². The van der Waals surface area contributed by atoms with E-state index >= 15 is 0 Å². The lowest BCUT2D eigenvalue weighted by atomic mass is 10.1. The lowest BCUT2D eigenvalue weighted by molar-refractivity contribution is 0.528. The number of fused-ring (bicyclic) bond motifs is 1. The van der Waals surface area contributed by atoms with Gasteiger partial charge in [-0.25, -0.2) is 0 Å². The van der Waals surface area contributed by atoms with Crippen LogP contribution in [0, 0.1) is 13.8 Å². The van der Waals surface area contributed by atoms with Gasteiger partial charge in [0.25, 0.3) is 0 Å². The molecule has 0 radical (unpaired) electrons. The van der Waals surface area contributed by atoms with Gasteiger partial charge in [0.05, 0.1) is 5.69 Å². The Hall–Kier alpha value is -1.61. The van der Waals surface area contributed by atoms with Gasteiger partial charge in [0.2, 0.25) is 0 Å². The molecule has 0 amide bonds. The molecule has 3 rings (SSSR count). The van der Waals surface area contributed by atoms with Crippen LogP contribution < -0.4 is 5.32 Å². The molecule has 1 atom stereocenters. The highest BCUT2D eigenvalue weighted by atomic mass is 15.1. The summed E-state index contributed by atoms with van der Waals surface area (Å²) in [7, 11) is 0. The van der Waals surface area contributed by atoms with Gasteiger partial charge in [0.15, 0.2) is 0 Å². The molecule has 0 saturated carbocycles. The summed E-state index contributed by atoms with van der Waals surface area (Å²) in [5.41, 5.74) is 6.55. The Morgan fingerprint density at radius 1 is 1.33 bits per heavy atom. The maximum absolute atomic E-state index is 4.24. The van der Waals surface area contributed by atoms with Gasteiger partial charge in [-0.15, -0.1) is 0 Å². The molecule has 1 unspecified atom stereocenters. The van der Waals surface area contributed by atoms with E-state index < -0.39 is 0 Å². The van der Waals surface area contributed by atoms with Gasteiger partial charge >= 0.3 is 0 Å². The minimum absolute atomic E-state index is 0.495. The van der Waals surface area contributed by atoms with Gasteiger partial charge in [0, 0.05) is 23.8 Å². The zero-order chi connectivity index (χ0) is 12.5. The molecule has 0 saturated heterocycles. The van der Waals surface area contributed by atoms with Gasteiger partial charge in [-0.3, -0.25) is 5.10 Å². The first-order chi connectivity index (χ1) is 8.75. The highest BCUT2D eigenvalue weighted by Crippen LogP contribution is 2.31. The molecule has 1 aliphatic rings. The number of aromatic nitrogens is 2. The zero-order valence-electron chi connectivity index (χ0n) is 11.0. The number of aryl methyl sites for hydroxylation is 3. The molecule has 1 heterocycles. The van der Waals surface area contributed by atoms with Gasteiger partial charge < -0.3 is 5.32 Å². The van der Waals surface area contributed by atoms with Crippen LogP contribution in [0.5, 0.6) is 0 Å². The predicted octanol–water partition coefficient (Wildman–Crippen LogP) is 2.80. The third-order valence-electron chi connectivity index (χ3n) is 3.94. The largest absolute Gasteiger partial charge is 0.306 e. The predicted molar refractivity (Wildman–Crippen MR) is 72.4 cm³/mol. The second kappa shape index (κ2) is 4.58. The first kappa shape index (κ1) is 11.5. The number of rotatable bonds is 3. The van der Waals surface area contributed by atoms with E-state index in [0.717, 1.165) is 12.2 Å². The first-order valence-corrected chi connectivity index (χ1v) is 6.57. The third-order valence-corrected chi connectivity index (χ3v) is 3.94. The quantitative estimate of drug-likeness (QED) is 0.867. The van der Waals surface area contributed by atoms with Crippen LogP contribution in [0.25, 0.3) is 0 Å². The van der Waals surface area contributed by atoms with Gasteiger partial charge in [0.1, 0.15) is 0 Å². The van der Waals surface area contributed by atoms with E-state index in [1.54, 1.807) is 0 Å². The summed E-state index contributed by atoms with van der Waals surface area (Å²) in [6.45, 7) is 5.04. The molecule has 1 aromatic carbocycles. The molecule has 2 aromatic rings. The fourth-order valence-corrected chi connectivity index (χ4v) is 2.83. The number of H-pyrrole nitrogens is 1. The van der Waals surface area contributed by atoms with E-state index in [4.69, 9.17) is 0 Å². The van der Waals surface area contributed by atoms with Gasteiger partial charge in [-0.2, -0.15) is 5.10 Å². The van der Waals surface area contributed by atoms with E-state index in [0.29, 0.717) is 6.04 Å². The lowest BCUT2D eigenvalue weighted by Gasteiger charge is -2.14. The number of nitrogens with one attached hydrogen (secondary N) is 2. The van der Waals surface area contributed by atoms with Crippen LogP contribution in [-0.4, -0.2) is 10.2 Å². The Labute approximate surface area is 108 Å². The van der Waals surface area contributed by atoms with Crippen LogP contribution in [0.15, 0.2) is 24.3 Å². The highest BCUT2D eigenvalue weighted by molar-refractivity contribution is 5.34. The van der Waals surface area contributed by atoms with Crippen LogP contribution in [-0.2, 0) is 13.0 Å². The number of hydrogen-bond acceptors (Lipinski definition) is 2. The molecule has 1 aliphatic carbocycles. The second-order valence-electron chi connectivity index (χ2n) is 5.08. The van der Waals surface area contributed by atoms with Gasteiger partial charge in [-0.05, 0) is 37.8 Å². The Bertz CT molecular complexity index is 537. The van der Waals surface area contributed by atoms with Crippen molar-refractivity contribution in [3.05, 3.63) is 52.3 Å². The van der Waals surface area contributed by atoms with Crippen molar-refractivity contribution < 1.29 is 0 Å². The Morgan fingerprint density at radius 3 is 2.94 bits per heavy atom. The summed E-state index contributed by atoms with van der Waals surface area (Å²) in [6, 6.07) is 9.24. The van der Waals surface area contributed by atoms with Crippen molar-refractivity contribution in [3.8, 4) is 0 Å². The summed E-state index contributed by atoms with van der Waals surface area (Å²) in [6.07, 6.45) is 2.40. The molecule has 0 spiro atoms. The standard InChI is InChI=1S/C15H19N3/c1-10-14(11(2)18-17-10)9-16-15-8-7-12-5-3-4-6-13(12)15/h3-6,15-16H,7-9H2,1-2H3,(H,17,18). The van der Waals surface area contributed by atoms with Gasteiger partial charge in [-0.1, -0.05) is 24.3 Å². The smallest absolute Gasteiger partial charge is 0.0638 e. The molecule has 94 valence electrons. The Balaban J connectivity index is 1.72. The average Bonchev–Trinajstić information content (AvgIpc) is 2.93. The van der Waals surface area contributed by atoms with Crippen molar-refractivity contribution in [2.45, 2.75) is 39.3 Å². The molecule has 0 fully saturated rings. The number of aromatic amines is 1. The zero-order valence-corrected chi connectivity index (χ0v) is 11.0. The average molecular weight is 241 g/mol. The summed E-state index contributed by atoms with van der Waals surface area (Å²) in [5.74, 6) is 0. The summed E-state index contributed by atoms with van der Waals surface area (Å²) in [5, 5.41) is 10.9. The molecule has 0 aliphatic heterocycles. The van der Waals surface area contributed by atoms with Crippen LogP contribution in [0.2, 0.25) is 0 Å². The highest BCUT2D eigenvalue weighted by Gasteiger charge is 2.21.